The Kier molecular flexibility index (Phi) is 3.54. The van der Waals surface area contributed by atoms with Crippen LogP contribution in [0.2, 0.25) is 0 Å². The van der Waals surface area contributed by atoms with E-state index in [0.717, 1.165) is 12.8 Å². The van der Waals surface area contributed by atoms with Crippen molar-refractivity contribution in [2.45, 2.75) is 39.0 Å². The number of nitrogens with zero attached hydrogens (tertiary/aromatic N) is 1. The van der Waals surface area contributed by atoms with Gasteiger partial charge in [-0.25, -0.2) is 4.79 Å². The molecular weight excluding hydrogens is 242 g/mol. The van der Waals surface area contributed by atoms with Gasteiger partial charge < -0.3 is 4.84 Å². The van der Waals surface area contributed by atoms with Gasteiger partial charge in [0.1, 0.15) is 9.98 Å². The minimum atomic E-state index is -0.362. The van der Waals surface area contributed by atoms with Crippen LogP contribution in [0.1, 0.15) is 39.0 Å². The highest BCUT2D eigenvalue weighted by molar-refractivity contribution is 7.81. The zero-order chi connectivity index (χ0) is 11.7. The predicted molar refractivity (Wildman–Crippen MR) is 68.9 cm³/mol. The van der Waals surface area contributed by atoms with E-state index < -0.39 is 0 Å². The average Bonchev–Trinajstić information content (AvgIpc) is 2.24. The van der Waals surface area contributed by atoms with Crippen molar-refractivity contribution >= 4 is 40.4 Å². The molecule has 1 aliphatic heterocycles. The maximum absolute atomic E-state index is 11.0. The lowest BCUT2D eigenvalue weighted by Gasteiger charge is -2.41. The van der Waals surface area contributed by atoms with Crippen LogP contribution in [0.4, 0.5) is 0 Å². The molecule has 2 unspecified atom stereocenters. The first kappa shape index (κ1) is 11.9. The molecule has 2 aliphatic rings. The van der Waals surface area contributed by atoms with E-state index in [0.29, 0.717) is 21.8 Å². The van der Waals surface area contributed by atoms with Gasteiger partial charge in [-0.15, -0.1) is 0 Å². The number of hydroxylamine groups is 2. The summed E-state index contributed by atoms with van der Waals surface area (Å²) in [4.78, 5) is 17.4. The molecule has 88 valence electrons. The third kappa shape index (κ3) is 2.25. The number of carbonyl (C=O) groups is 1. The number of thiocarbonyl (C=S) groups is 2. The maximum Gasteiger partial charge on any atom is 0.329 e. The molecule has 2 atom stereocenters. The molecule has 1 aliphatic carbocycles. The van der Waals surface area contributed by atoms with Gasteiger partial charge in [-0.2, -0.15) is 5.06 Å². The number of rotatable bonds is 1. The molecule has 0 bridgehead atoms. The molecule has 0 amide bonds. The lowest BCUT2D eigenvalue weighted by molar-refractivity contribution is -0.160. The van der Waals surface area contributed by atoms with E-state index in [9.17, 15) is 4.79 Å². The molecule has 3 nitrogen and oxygen atoms in total. The van der Waals surface area contributed by atoms with E-state index >= 15 is 0 Å². The van der Waals surface area contributed by atoms with Crippen molar-refractivity contribution in [3.05, 3.63) is 0 Å². The zero-order valence-electron chi connectivity index (χ0n) is 9.27. The van der Waals surface area contributed by atoms with E-state index in [4.69, 9.17) is 29.3 Å². The van der Waals surface area contributed by atoms with Crippen LogP contribution in [0.25, 0.3) is 0 Å². The predicted octanol–water partition coefficient (Wildman–Crippen LogP) is 2.63. The molecule has 0 radical (unpaired) electrons. The van der Waals surface area contributed by atoms with Crippen molar-refractivity contribution in [2.75, 3.05) is 0 Å². The first-order valence-electron chi connectivity index (χ1n) is 5.65. The van der Waals surface area contributed by atoms with Crippen LogP contribution in [-0.4, -0.2) is 21.0 Å². The maximum atomic E-state index is 11.0. The van der Waals surface area contributed by atoms with Gasteiger partial charge in [0.25, 0.3) is 0 Å². The van der Waals surface area contributed by atoms with Crippen molar-refractivity contribution in [3.63, 3.8) is 0 Å². The van der Waals surface area contributed by atoms with Crippen molar-refractivity contribution < 1.29 is 9.63 Å². The molecule has 2 rings (SSSR count). The Morgan fingerprint density at radius 2 is 2.06 bits per heavy atom. The SMILES string of the molecule is CC(=O)ON1C(=S)CC2CCCCC2C1=S. The second kappa shape index (κ2) is 4.75. The van der Waals surface area contributed by atoms with E-state index in [1.165, 1.54) is 31.2 Å². The Hall–Kier alpha value is -0.550. The van der Waals surface area contributed by atoms with Crippen molar-refractivity contribution in [2.24, 2.45) is 11.8 Å². The summed E-state index contributed by atoms with van der Waals surface area (Å²) in [7, 11) is 0. The van der Waals surface area contributed by atoms with Crippen LogP contribution < -0.4 is 0 Å². The fourth-order valence-corrected chi connectivity index (χ4v) is 3.45. The van der Waals surface area contributed by atoms with E-state index in [1.54, 1.807) is 0 Å². The lowest BCUT2D eigenvalue weighted by atomic mass is 9.75. The zero-order valence-corrected chi connectivity index (χ0v) is 10.9. The number of hydrogen-bond acceptors (Lipinski definition) is 4. The number of hydrogen-bond donors (Lipinski definition) is 0. The summed E-state index contributed by atoms with van der Waals surface area (Å²) in [6.45, 7) is 1.37. The van der Waals surface area contributed by atoms with E-state index in [2.05, 4.69) is 0 Å². The highest BCUT2D eigenvalue weighted by Gasteiger charge is 2.39. The highest BCUT2D eigenvalue weighted by atomic mass is 32.1. The van der Waals surface area contributed by atoms with Crippen LogP contribution in [0, 0.1) is 11.8 Å². The summed E-state index contributed by atoms with van der Waals surface area (Å²) in [5.41, 5.74) is 0. The normalized spacial score (nSPS) is 29.9. The minimum Gasteiger partial charge on any atom is -0.335 e. The highest BCUT2D eigenvalue weighted by Crippen LogP contribution is 2.38. The molecule has 1 heterocycles. The topological polar surface area (TPSA) is 29.5 Å². The number of fused-ring (bicyclic) bond motifs is 1. The number of piperidine rings is 1. The summed E-state index contributed by atoms with van der Waals surface area (Å²) in [6.07, 6.45) is 5.60. The first-order valence-corrected chi connectivity index (χ1v) is 6.46. The van der Waals surface area contributed by atoms with Crippen LogP contribution in [0.15, 0.2) is 0 Å². The fraction of sp³-hybridized carbons (Fsp3) is 0.727. The molecule has 16 heavy (non-hydrogen) atoms. The van der Waals surface area contributed by atoms with Crippen LogP contribution in [0.5, 0.6) is 0 Å². The molecule has 1 saturated carbocycles. The summed E-state index contributed by atoms with van der Waals surface area (Å²) in [5, 5.41) is 1.40. The Balaban J connectivity index is 2.13. The third-order valence-corrected chi connectivity index (χ3v) is 4.11. The van der Waals surface area contributed by atoms with E-state index in [-0.39, 0.29) is 5.97 Å². The van der Waals surface area contributed by atoms with Gasteiger partial charge in [-0.3, -0.25) is 0 Å². The summed E-state index contributed by atoms with van der Waals surface area (Å²) < 4.78 is 0. The molecule has 2 fully saturated rings. The van der Waals surface area contributed by atoms with Crippen LogP contribution in [-0.2, 0) is 9.63 Å². The van der Waals surface area contributed by atoms with Crippen molar-refractivity contribution in [1.82, 2.24) is 5.06 Å². The Bertz CT molecular complexity index is 343. The van der Waals surface area contributed by atoms with Gasteiger partial charge in [0.2, 0.25) is 0 Å². The van der Waals surface area contributed by atoms with Gasteiger partial charge in [0.05, 0.1) is 0 Å². The Morgan fingerprint density at radius 3 is 2.75 bits per heavy atom. The summed E-state index contributed by atoms with van der Waals surface area (Å²) in [6, 6.07) is 0. The molecule has 0 aromatic carbocycles. The second-order valence-corrected chi connectivity index (χ2v) is 5.35. The molecule has 0 N–H and O–H groups in total. The smallest absolute Gasteiger partial charge is 0.329 e. The second-order valence-electron chi connectivity index (χ2n) is 4.46. The summed E-state index contributed by atoms with van der Waals surface area (Å²) in [5.74, 6) is 0.578. The van der Waals surface area contributed by atoms with Gasteiger partial charge in [-0.1, -0.05) is 37.3 Å². The third-order valence-electron chi connectivity index (χ3n) is 3.31. The van der Waals surface area contributed by atoms with Crippen molar-refractivity contribution in [1.29, 1.82) is 0 Å². The molecule has 0 aromatic heterocycles. The first-order chi connectivity index (χ1) is 7.59. The Morgan fingerprint density at radius 1 is 1.38 bits per heavy atom. The lowest BCUT2D eigenvalue weighted by Crippen LogP contribution is -2.48. The monoisotopic (exact) mass is 257 g/mol. The average molecular weight is 257 g/mol. The van der Waals surface area contributed by atoms with Gasteiger partial charge in [0.15, 0.2) is 0 Å². The standard InChI is InChI=1S/C11H15NO2S2/c1-7(13)14-12-10(15)6-8-4-2-3-5-9(8)11(12)16/h8-9H,2-6H2,1H3. The van der Waals surface area contributed by atoms with Gasteiger partial charge >= 0.3 is 5.97 Å². The minimum absolute atomic E-state index is 0.362. The molecule has 0 spiro atoms. The van der Waals surface area contributed by atoms with Crippen LogP contribution >= 0.6 is 24.4 Å². The molecular formula is C11H15NO2S2. The summed E-state index contributed by atoms with van der Waals surface area (Å²) >= 11 is 10.6. The molecule has 5 heteroatoms. The van der Waals surface area contributed by atoms with Gasteiger partial charge in [-0.05, 0) is 18.8 Å². The molecule has 0 aromatic rings. The quantitative estimate of drug-likeness (QED) is 0.674. The van der Waals surface area contributed by atoms with Gasteiger partial charge in [0, 0.05) is 19.3 Å². The fourth-order valence-electron chi connectivity index (χ4n) is 2.58. The largest absolute Gasteiger partial charge is 0.335 e. The van der Waals surface area contributed by atoms with Crippen LogP contribution in [0.3, 0.4) is 0 Å². The van der Waals surface area contributed by atoms with E-state index in [1.807, 2.05) is 0 Å². The Labute approximate surface area is 106 Å². The number of carbonyl (C=O) groups excluding carboxylic acids is 1. The molecule has 1 saturated heterocycles. The van der Waals surface area contributed by atoms with Crippen molar-refractivity contribution in [3.8, 4) is 0 Å².